The summed E-state index contributed by atoms with van der Waals surface area (Å²) in [6.45, 7) is 1.53. The van der Waals surface area contributed by atoms with Gasteiger partial charge in [-0.3, -0.25) is 10.1 Å². The molecule has 1 aromatic rings. The van der Waals surface area contributed by atoms with E-state index < -0.39 is 18.0 Å². The number of nitrogens with one attached hydrogen (secondary N) is 2. The van der Waals surface area contributed by atoms with Crippen molar-refractivity contribution in [3.63, 3.8) is 0 Å². The summed E-state index contributed by atoms with van der Waals surface area (Å²) in [7, 11) is 0. The molecule has 0 radical (unpaired) electrons. The molecule has 0 bridgehead atoms. The second-order valence-electron chi connectivity index (χ2n) is 3.52. The molecule has 0 fully saturated rings. The van der Waals surface area contributed by atoms with E-state index in [1.807, 2.05) is 11.4 Å². The van der Waals surface area contributed by atoms with Crippen LogP contribution in [0.1, 0.15) is 12.5 Å². The minimum absolute atomic E-state index is 0.345. The molecule has 0 heterocycles. The third kappa shape index (κ3) is 3.64. The van der Waals surface area contributed by atoms with Crippen LogP contribution in [0.15, 0.2) is 18.2 Å². The Hall–Kier alpha value is -2.26. The van der Waals surface area contributed by atoms with Gasteiger partial charge in [-0.1, -0.05) is 11.6 Å². The van der Waals surface area contributed by atoms with Gasteiger partial charge in [-0.05, 0) is 25.1 Å². The van der Waals surface area contributed by atoms with Gasteiger partial charge < -0.3 is 11.1 Å². The number of hydrogen-bond acceptors (Lipinski definition) is 4. The number of nitrogens with zero attached hydrogens (tertiary/aromatic N) is 1. The highest BCUT2D eigenvalue weighted by Gasteiger charge is 2.15. The number of amides is 3. The van der Waals surface area contributed by atoms with Crippen LogP contribution in [0.3, 0.4) is 0 Å². The molecule has 7 heteroatoms. The molecule has 4 N–H and O–H groups in total. The Bertz CT molecular complexity index is 524. The summed E-state index contributed by atoms with van der Waals surface area (Å²) in [4.78, 5) is 22.0. The van der Waals surface area contributed by atoms with E-state index in [-0.39, 0.29) is 0 Å². The van der Waals surface area contributed by atoms with Gasteiger partial charge in [0.05, 0.1) is 11.3 Å². The topological polar surface area (TPSA) is 108 Å². The largest absolute Gasteiger partial charge is 0.373 e. The van der Waals surface area contributed by atoms with Crippen molar-refractivity contribution in [2.75, 3.05) is 5.32 Å². The first-order valence-electron chi connectivity index (χ1n) is 5.00. The summed E-state index contributed by atoms with van der Waals surface area (Å²) < 4.78 is 0. The fourth-order valence-corrected chi connectivity index (χ4v) is 1.43. The van der Waals surface area contributed by atoms with Crippen LogP contribution in [0.2, 0.25) is 5.02 Å². The zero-order chi connectivity index (χ0) is 13.7. The second-order valence-corrected chi connectivity index (χ2v) is 3.96. The molecule has 1 unspecified atom stereocenters. The molecule has 94 valence electrons. The van der Waals surface area contributed by atoms with Crippen molar-refractivity contribution in [3.8, 4) is 6.07 Å². The van der Waals surface area contributed by atoms with E-state index >= 15 is 0 Å². The molecule has 0 aliphatic heterocycles. The van der Waals surface area contributed by atoms with Crippen molar-refractivity contribution in [2.45, 2.75) is 13.0 Å². The first kappa shape index (κ1) is 13.8. The number of hydrogen-bond donors (Lipinski definition) is 3. The van der Waals surface area contributed by atoms with Gasteiger partial charge in [0.15, 0.2) is 0 Å². The lowest BCUT2D eigenvalue weighted by molar-refractivity contribution is -0.120. The van der Waals surface area contributed by atoms with Crippen LogP contribution in [-0.2, 0) is 4.79 Å². The molecular formula is C11H11ClN4O2. The highest BCUT2D eigenvalue weighted by atomic mass is 35.5. The number of nitrogens with two attached hydrogens (primary N) is 1. The maximum absolute atomic E-state index is 11.5. The maximum atomic E-state index is 11.5. The number of benzene rings is 1. The average Bonchev–Trinajstić information content (AvgIpc) is 2.28. The Morgan fingerprint density at radius 2 is 2.17 bits per heavy atom. The van der Waals surface area contributed by atoms with Crippen LogP contribution in [0.4, 0.5) is 10.5 Å². The van der Waals surface area contributed by atoms with E-state index in [0.29, 0.717) is 16.3 Å². The monoisotopic (exact) mass is 266 g/mol. The highest BCUT2D eigenvalue weighted by molar-refractivity contribution is 6.30. The van der Waals surface area contributed by atoms with Crippen molar-refractivity contribution in [3.05, 3.63) is 28.8 Å². The van der Waals surface area contributed by atoms with Crippen LogP contribution >= 0.6 is 11.6 Å². The summed E-state index contributed by atoms with van der Waals surface area (Å²) in [5.74, 6) is -0.591. The lowest BCUT2D eigenvalue weighted by Gasteiger charge is -2.15. The summed E-state index contributed by atoms with van der Waals surface area (Å²) in [5, 5.41) is 14.0. The van der Waals surface area contributed by atoms with Gasteiger partial charge >= 0.3 is 6.03 Å². The molecule has 0 aliphatic rings. The lowest BCUT2D eigenvalue weighted by atomic mass is 10.1. The van der Waals surface area contributed by atoms with E-state index in [0.717, 1.165) is 0 Å². The number of imide groups is 1. The number of urea groups is 1. The van der Waals surface area contributed by atoms with Crippen LogP contribution in [0.25, 0.3) is 0 Å². The highest BCUT2D eigenvalue weighted by Crippen LogP contribution is 2.21. The van der Waals surface area contributed by atoms with E-state index in [1.165, 1.54) is 19.1 Å². The van der Waals surface area contributed by atoms with Gasteiger partial charge in [0.2, 0.25) is 5.91 Å². The first-order chi connectivity index (χ1) is 8.43. The zero-order valence-electron chi connectivity index (χ0n) is 9.53. The molecule has 0 spiro atoms. The Kier molecular flexibility index (Phi) is 4.52. The normalized spacial score (nSPS) is 11.2. The Morgan fingerprint density at radius 3 is 2.72 bits per heavy atom. The number of nitriles is 1. The van der Waals surface area contributed by atoms with Crippen molar-refractivity contribution in [2.24, 2.45) is 5.73 Å². The van der Waals surface area contributed by atoms with Gasteiger partial charge in [-0.25, -0.2) is 4.79 Å². The molecule has 1 rings (SSSR count). The number of primary amides is 1. The number of rotatable bonds is 3. The molecule has 0 saturated heterocycles. The number of carbonyl (C=O) groups excluding carboxylic acids is 2. The van der Waals surface area contributed by atoms with Crippen LogP contribution in [0.5, 0.6) is 0 Å². The predicted molar refractivity (Wildman–Crippen MR) is 67.0 cm³/mol. The maximum Gasteiger partial charge on any atom is 0.318 e. The van der Waals surface area contributed by atoms with Crippen LogP contribution in [-0.4, -0.2) is 18.0 Å². The molecule has 18 heavy (non-hydrogen) atoms. The molecule has 0 aromatic heterocycles. The SMILES string of the molecule is CC(Nc1cc(Cl)ccc1C#N)C(=O)NC(N)=O. The third-order valence-electron chi connectivity index (χ3n) is 2.11. The molecular weight excluding hydrogens is 256 g/mol. The minimum atomic E-state index is -0.930. The molecule has 1 aromatic carbocycles. The fraction of sp³-hybridized carbons (Fsp3) is 0.182. The zero-order valence-corrected chi connectivity index (χ0v) is 10.3. The summed E-state index contributed by atoms with van der Waals surface area (Å²) in [6.07, 6.45) is 0. The Balaban J connectivity index is 2.84. The number of carbonyl (C=O) groups is 2. The van der Waals surface area contributed by atoms with Crippen molar-refractivity contribution >= 4 is 29.2 Å². The third-order valence-corrected chi connectivity index (χ3v) is 2.35. The Morgan fingerprint density at radius 1 is 1.50 bits per heavy atom. The summed E-state index contributed by atoms with van der Waals surface area (Å²) in [5.41, 5.74) is 5.59. The number of anilines is 1. The van der Waals surface area contributed by atoms with E-state index in [1.54, 1.807) is 6.07 Å². The van der Waals surface area contributed by atoms with Gasteiger partial charge in [0.25, 0.3) is 0 Å². The van der Waals surface area contributed by atoms with Crippen LogP contribution < -0.4 is 16.4 Å². The van der Waals surface area contributed by atoms with Gasteiger partial charge in [-0.2, -0.15) is 5.26 Å². The second kappa shape index (κ2) is 5.89. The quantitative estimate of drug-likeness (QED) is 0.764. The van der Waals surface area contributed by atoms with E-state index in [2.05, 4.69) is 5.32 Å². The van der Waals surface area contributed by atoms with Gasteiger partial charge in [0.1, 0.15) is 12.1 Å². The molecule has 0 saturated carbocycles. The van der Waals surface area contributed by atoms with Crippen molar-refractivity contribution < 1.29 is 9.59 Å². The summed E-state index contributed by atoms with van der Waals surface area (Å²) in [6, 6.07) is 4.92. The Labute approximate surface area is 109 Å². The van der Waals surface area contributed by atoms with Crippen LogP contribution in [0, 0.1) is 11.3 Å². The molecule has 1 atom stereocenters. The molecule has 0 aliphatic carbocycles. The molecule has 3 amide bonds. The standard InChI is InChI=1S/C11H11ClN4O2/c1-6(10(17)16-11(14)18)15-9-4-8(12)3-2-7(9)5-13/h2-4,6,15H,1H3,(H3,14,16,17,18). The van der Waals surface area contributed by atoms with Gasteiger partial charge in [0, 0.05) is 5.02 Å². The van der Waals surface area contributed by atoms with E-state index in [4.69, 9.17) is 22.6 Å². The first-order valence-corrected chi connectivity index (χ1v) is 5.38. The summed E-state index contributed by atoms with van der Waals surface area (Å²) >= 11 is 5.80. The van der Waals surface area contributed by atoms with Gasteiger partial charge in [-0.15, -0.1) is 0 Å². The number of halogens is 1. The lowest BCUT2D eigenvalue weighted by Crippen LogP contribution is -2.43. The smallest absolute Gasteiger partial charge is 0.318 e. The van der Waals surface area contributed by atoms with E-state index in [9.17, 15) is 9.59 Å². The van der Waals surface area contributed by atoms with Crippen molar-refractivity contribution in [1.29, 1.82) is 5.26 Å². The predicted octanol–water partition coefficient (Wildman–Crippen LogP) is 1.21. The average molecular weight is 267 g/mol. The fourth-order valence-electron chi connectivity index (χ4n) is 1.26. The molecule has 6 nitrogen and oxygen atoms in total. The minimum Gasteiger partial charge on any atom is -0.373 e. The van der Waals surface area contributed by atoms with Crippen molar-refractivity contribution in [1.82, 2.24) is 5.32 Å².